The number of thiazole rings is 1. The van der Waals surface area contributed by atoms with E-state index in [1.165, 1.54) is 11.3 Å². The van der Waals surface area contributed by atoms with E-state index in [1.54, 1.807) is 30.7 Å². The number of fused-ring (bicyclic) bond motifs is 1. The van der Waals surface area contributed by atoms with Gasteiger partial charge in [-0.1, -0.05) is 12.1 Å². The van der Waals surface area contributed by atoms with Crippen LogP contribution in [0.25, 0.3) is 0 Å². The van der Waals surface area contributed by atoms with Crippen LogP contribution in [0, 0.1) is 0 Å². The van der Waals surface area contributed by atoms with Crippen molar-refractivity contribution >= 4 is 28.2 Å². The first kappa shape index (κ1) is 22.0. The van der Waals surface area contributed by atoms with E-state index in [1.807, 2.05) is 32.0 Å². The molecule has 32 heavy (non-hydrogen) atoms. The van der Waals surface area contributed by atoms with Gasteiger partial charge in [-0.25, -0.2) is 4.98 Å². The standard InChI is InChI=1S/C23H25N3O5S/c1-14(24-11-16-7-5-9-29-16)20(28)17-13-32-22(25-17)26-19(27)12-30-18-8-4-6-15-10-23(2,3)31-21(15)18/h4-9,13-14,24H,10-12H2,1-3H3,(H,25,26,27)/t14-/m0/s1. The maximum Gasteiger partial charge on any atom is 0.264 e. The first-order chi connectivity index (χ1) is 15.3. The summed E-state index contributed by atoms with van der Waals surface area (Å²) in [6.07, 6.45) is 2.37. The second kappa shape index (κ2) is 9.13. The Morgan fingerprint density at radius 3 is 2.91 bits per heavy atom. The Balaban J connectivity index is 1.29. The average molecular weight is 456 g/mol. The van der Waals surface area contributed by atoms with Crippen LogP contribution in [-0.2, 0) is 17.8 Å². The predicted molar refractivity (Wildman–Crippen MR) is 120 cm³/mol. The normalized spacial score (nSPS) is 15.0. The monoisotopic (exact) mass is 455 g/mol. The molecule has 3 heterocycles. The first-order valence-corrected chi connectivity index (χ1v) is 11.2. The molecule has 0 unspecified atom stereocenters. The van der Waals surface area contributed by atoms with E-state index in [0.29, 0.717) is 28.9 Å². The van der Waals surface area contributed by atoms with Crippen LogP contribution < -0.4 is 20.1 Å². The lowest BCUT2D eigenvalue weighted by Crippen LogP contribution is -2.33. The van der Waals surface area contributed by atoms with Gasteiger partial charge in [0.25, 0.3) is 5.91 Å². The van der Waals surface area contributed by atoms with E-state index in [4.69, 9.17) is 13.9 Å². The third-order valence-electron chi connectivity index (χ3n) is 4.97. The smallest absolute Gasteiger partial charge is 0.264 e. The topological polar surface area (TPSA) is 103 Å². The van der Waals surface area contributed by atoms with Crippen LogP contribution in [0.4, 0.5) is 5.13 Å². The number of hydrogen-bond acceptors (Lipinski definition) is 8. The molecule has 1 aliphatic heterocycles. The highest BCUT2D eigenvalue weighted by Gasteiger charge is 2.32. The van der Waals surface area contributed by atoms with E-state index in [-0.39, 0.29) is 23.9 Å². The molecule has 0 saturated carbocycles. The molecule has 0 spiro atoms. The molecule has 3 aromatic rings. The molecule has 8 nitrogen and oxygen atoms in total. The molecule has 168 valence electrons. The van der Waals surface area contributed by atoms with Crippen LogP contribution in [-0.4, -0.2) is 34.9 Å². The number of nitrogens with zero attached hydrogens (tertiary/aromatic N) is 1. The molecule has 0 bridgehead atoms. The number of furan rings is 1. The summed E-state index contributed by atoms with van der Waals surface area (Å²) >= 11 is 1.19. The van der Waals surface area contributed by atoms with Crippen molar-refractivity contribution in [1.29, 1.82) is 0 Å². The molecule has 9 heteroatoms. The van der Waals surface area contributed by atoms with Crippen molar-refractivity contribution in [3.05, 3.63) is 59.0 Å². The first-order valence-electron chi connectivity index (χ1n) is 10.3. The summed E-state index contributed by atoms with van der Waals surface area (Å²) in [6.45, 7) is 6.04. The number of aromatic nitrogens is 1. The number of ether oxygens (including phenoxy) is 2. The van der Waals surface area contributed by atoms with Crippen molar-refractivity contribution in [2.45, 2.75) is 45.4 Å². The number of ketones is 1. The molecule has 1 aliphatic rings. The third kappa shape index (κ3) is 5.17. The van der Waals surface area contributed by atoms with E-state index < -0.39 is 6.04 Å². The van der Waals surface area contributed by atoms with Gasteiger partial charge in [-0.3, -0.25) is 14.9 Å². The number of carbonyl (C=O) groups excluding carboxylic acids is 2. The number of hydrogen-bond donors (Lipinski definition) is 2. The highest BCUT2D eigenvalue weighted by Crippen LogP contribution is 2.41. The van der Waals surface area contributed by atoms with Gasteiger partial charge in [0.1, 0.15) is 17.1 Å². The van der Waals surface area contributed by atoms with Crippen molar-refractivity contribution in [3.63, 3.8) is 0 Å². The average Bonchev–Trinajstić information content (AvgIpc) is 3.49. The minimum Gasteiger partial charge on any atom is -0.483 e. The number of para-hydroxylation sites is 1. The van der Waals surface area contributed by atoms with E-state index >= 15 is 0 Å². The van der Waals surface area contributed by atoms with E-state index in [2.05, 4.69) is 15.6 Å². The molecule has 1 amide bonds. The number of Topliss-reactive ketones (excluding diaryl/α,β-unsaturated/α-hetero) is 1. The Bertz CT molecular complexity index is 1110. The summed E-state index contributed by atoms with van der Waals surface area (Å²) in [6, 6.07) is 8.84. The van der Waals surface area contributed by atoms with Crippen LogP contribution in [0.3, 0.4) is 0 Å². The molecule has 2 N–H and O–H groups in total. The largest absolute Gasteiger partial charge is 0.483 e. The van der Waals surface area contributed by atoms with Gasteiger partial charge < -0.3 is 19.2 Å². The predicted octanol–water partition coefficient (Wildman–Crippen LogP) is 3.83. The van der Waals surface area contributed by atoms with Crippen LogP contribution in [0.5, 0.6) is 11.5 Å². The van der Waals surface area contributed by atoms with Crippen LogP contribution in [0.1, 0.15) is 42.6 Å². The van der Waals surface area contributed by atoms with Crippen molar-refractivity contribution in [1.82, 2.24) is 10.3 Å². The Hall–Kier alpha value is -3.17. The SMILES string of the molecule is C[C@H](NCc1ccco1)C(=O)c1csc(NC(=O)COc2cccc3c2OC(C)(C)C3)n1. The number of amides is 1. The fourth-order valence-corrected chi connectivity index (χ4v) is 4.14. The zero-order chi connectivity index (χ0) is 22.7. The summed E-state index contributed by atoms with van der Waals surface area (Å²) in [7, 11) is 0. The molecular weight excluding hydrogens is 430 g/mol. The highest BCUT2D eigenvalue weighted by atomic mass is 32.1. The maximum atomic E-state index is 12.6. The Morgan fingerprint density at radius 1 is 1.28 bits per heavy atom. The molecule has 0 aliphatic carbocycles. The van der Waals surface area contributed by atoms with Crippen LogP contribution >= 0.6 is 11.3 Å². The fourth-order valence-electron chi connectivity index (χ4n) is 3.43. The maximum absolute atomic E-state index is 12.6. The Kier molecular flexibility index (Phi) is 6.29. The minimum absolute atomic E-state index is 0.163. The van der Waals surface area contributed by atoms with Gasteiger partial charge in [-0.05, 0) is 39.0 Å². The van der Waals surface area contributed by atoms with Gasteiger partial charge in [0, 0.05) is 17.4 Å². The van der Waals surface area contributed by atoms with Gasteiger partial charge >= 0.3 is 0 Å². The summed E-state index contributed by atoms with van der Waals surface area (Å²) in [4.78, 5) is 29.2. The number of anilines is 1. The second-order valence-electron chi connectivity index (χ2n) is 8.20. The van der Waals surface area contributed by atoms with Crippen molar-refractivity contribution < 1.29 is 23.5 Å². The molecule has 1 atom stereocenters. The van der Waals surface area contributed by atoms with Gasteiger partial charge in [0.05, 0.1) is 18.8 Å². The third-order valence-corrected chi connectivity index (χ3v) is 5.73. The lowest BCUT2D eigenvalue weighted by atomic mass is 10.0. The fraction of sp³-hybridized carbons (Fsp3) is 0.348. The Labute approximate surface area is 189 Å². The molecule has 0 fully saturated rings. The number of benzene rings is 1. The summed E-state index contributed by atoms with van der Waals surface area (Å²) in [5, 5.41) is 7.75. The molecule has 4 rings (SSSR count). The van der Waals surface area contributed by atoms with Gasteiger partial charge in [-0.2, -0.15) is 0 Å². The van der Waals surface area contributed by atoms with Crippen molar-refractivity contribution in [2.24, 2.45) is 0 Å². The Morgan fingerprint density at radius 2 is 2.12 bits per heavy atom. The second-order valence-corrected chi connectivity index (χ2v) is 9.06. The van der Waals surface area contributed by atoms with Crippen molar-refractivity contribution in [2.75, 3.05) is 11.9 Å². The number of rotatable bonds is 9. The molecule has 0 saturated heterocycles. The van der Waals surface area contributed by atoms with E-state index in [9.17, 15) is 9.59 Å². The quantitative estimate of drug-likeness (QED) is 0.473. The summed E-state index contributed by atoms with van der Waals surface area (Å²) in [5.41, 5.74) is 1.06. The lowest BCUT2D eigenvalue weighted by Gasteiger charge is -2.18. The van der Waals surface area contributed by atoms with Gasteiger partial charge in [0.15, 0.2) is 29.0 Å². The summed E-state index contributed by atoms with van der Waals surface area (Å²) in [5.74, 6) is 1.44. The summed E-state index contributed by atoms with van der Waals surface area (Å²) < 4.78 is 16.9. The van der Waals surface area contributed by atoms with Gasteiger partial charge in [-0.15, -0.1) is 11.3 Å². The zero-order valence-corrected chi connectivity index (χ0v) is 19.0. The van der Waals surface area contributed by atoms with E-state index in [0.717, 1.165) is 17.7 Å². The van der Waals surface area contributed by atoms with Crippen LogP contribution in [0.15, 0.2) is 46.4 Å². The highest BCUT2D eigenvalue weighted by molar-refractivity contribution is 7.14. The van der Waals surface area contributed by atoms with Gasteiger partial charge in [0.2, 0.25) is 0 Å². The number of nitrogens with one attached hydrogen (secondary N) is 2. The van der Waals surface area contributed by atoms with Crippen molar-refractivity contribution in [3.8, 4) is 11.5 Å². The molecule has 1 aromatic carbocycles. The molecular formula is C23H25N3O5S. The lowest BCUT2D eigenvalue weighted by molar-refractivity contribution is -0.118. The molecule has 2 aromatic heterocycles. The minimum atomic E-state index is -0.446. The molecule has 0 radical (unpaired) electrons. The zero-order valence-electron chi connectivity index (χ0n) is 18.1. The van der Waals surface area contributed by atoms with Crippen LogP contribution in [0.2, 0.25) is 0 Å². The number of carbonyl (C=O) groups is 2.